The number of alkyl halides is 1. The standard InChI is InChI=1S/C26H24FN3O3S.C17H18FN3O3.C9H7BrS/c27-21-12-19-22(30(18-4-5-18)15-20(24(19)31)26(32)33)13-23(21)29-9-7-28(8-10-29)14-17-3-1-2-16-6-11-34-25(16)17;18-13-7-11-14(8-15(13)20-5-3-19-4-6-20)21(10-1-2-10)9-12(16(11)22)17(23)24;10-6-8-3-1-2-7-4-5-11-9(7)8/h1-3,6,11-13,15,18H,4-5,7-10,14H2,(H,32,33);7-10,19H,1-6H2,(H,23,24);1-5H,6H2. The largest absolute Gasteiger partial charge is 0.477 e. The molecule has 6 heterocycles. The topological polar surface area (TPSA) is 140 Å². The Morgan fingerprint density at radius 2 is 1.10 bits per heavy atom. The highest BCUT2D eigenvalue weighted by Gasteiger charge is 2.30. The van der Waals surface area contributed by atoms with Crippen molar-refractivity contribution in [3.8, 4) is 0 Å². The highest BCUT2D eigenvalue weighted by molar-refractivity contribution is 9.08. The lowest BCUT2D eigenvalue weighted by molar-refractivity contribution is 0.0684. The summed E-state index contributed by atoms with van der Waals surface area (Å²) in [6.45, 7) is 6.82. The second-order valence-corrected chi connectivity index (χ2v) is 20.3. The number of thiophene rings is 2. The molecule has 2 aliphatic carbocycles. The fraction of sp³-hybridized carbons (Fsp3) is 0.308. The van der Waals surface area contributed by atoms with E-state index in [1.54, 1.807) is 23.5 Å². The van der Waals surface area contributed by atoms with Crippen LogP contribution in [0.1, 0.15) is 69.6 Å². The molecule has 4 aliphatic rings. The molecule has 0 unspecified atom stereocenters. The van der Waals surface area contributed by atoms with Crippen LogP contribution < -0.4 is 26.0 Å². The number of carboxylic acid groups (broad SMARTS) is 2. The van der Waals surface area contributed by atoms with Crippen LogP contribution in [-0.4, -0.2) is 88.5 Å². The zero-order valence-corrected chi connectivity index (χ0v) is 40.7. The maximum Gasteiger partial charge on any atom is 0.341 e. The second-order valence-electron chi connectivity index (χ2n) is 17.9. The number of rotatable bonds is 9. The second kappa shape index (κ2) is 19.8. The molecule has 2 saturated carbocycles. The Morgan fingerprint density at radius 3 is 1.57 bits per heavy atom. The molecule has 0 radical (unpaired) electrons. The number of fused-ring (bicyclic) bond motifs is 4. The highest BCUT2D eigenvalue weighted by Crippen LogP contribution is 2.40. The number of carbonyl (C=O) groups is 2. The molecule has 0 amide bonds. The van der Waals surface area contributed by atoms with E-state index in [9.17, 15) is 33.8 Å². The number of hydrogen-bond donors (Lipinski definition) is 3. The summed E-state index contributed by atoms with van der Waals surface area (Å²) in [5.74, 6) is -3.51. The van der Waals surface area contributed by atoms with E-state index in [2.05, 4.69) is 85.4 Å². The number of hydrogen-bond acceptors (Lipinski definition) is 10. The molecule has 8 aromatic rings. The van der Waals surface area contributed by atoms with Crippen LogP contribution in [0.4, 0.5) is 20.2 Å². The van der Waals surface area contributed by atoms with Crippen molar-refractivity contribution in [1.82, 2.24) is 19.4 Å². The van der Waals surface area contributed by atoms with Crippen LogP contribution in [0.25, 0.3) is 42.0 Å². The fourth-order valence-electron chi connectivity index (χ4n) is 9.45. The molecule has 2 aliphatic heterocycles. The van der Waals surface area contributed by atoms with Crippen LogP contribution in [0.5, 0.6) is 0 Å². The smallest absolute Gasteiger partial charge is 0.341 e. The summed E-state index contributed by atoms with van der Waals surface area (Å²) in [7, 11) is 0. The third kappa shape index (κ3) is 9.67. The van der Waals surface area contributed by atoms with Gasteiger partial charge < -0.3 is 34.5 Å². The Morgan fingerprint density at radius 1 is 0.638 bits per heavy atom. The Balaban J connectivity index is 0.000000136. The third-order valence-corrected chi connectivity index (χ3v) is 16.0. The van der Waals surface area contributed by atoms with Gasteiger partial charge in [0.15, 0.2) is 0 Å². The summed E-state index contributed by atoms with van der Waals surface area (Å²) in [5, 5.41) is 30.0. The van der Waals surface area contributed by atoms with Crippen LogP contribution in [0.15, 0.2) is 106 Å². The fourth-order valence-corrected chi connectivity index (χ4v) is 11.9. The molecule has 0 atom stereocenters. The molecule has 0 bridgehead atoms. The van der Waals surface area contributed by atoms with Crippen molar-refractivity contribution < 1.29 is 28.6 Å². The number of nitrogens with zero attached hydrogens (tertiary/aromatic N) is 5. The van der Waals surface area contributed by atoms with Crippen molar-refractivity contribution >= 4 is 104 Å². The number of halogens is 3. The van der Waals surface area contributed by atoms with Crippen LogP contribution in [-0.2, 0) is 11.9 Å². The minimum atomic E-state index is -1.28. The van der Waals surface area contributed by atoms with E-state index in [1.165, 1.54) is 55.8 Å². The molecule has 17 heteroatoms. The van der Waals surface area contributed by atoms with E-state index in [1.807, 2.05) is 30.3 Å². The Hall–Kier alpha value is -5.98. The molecule has 0 spiro atoms. The van der Waals surface area contributed by atoms with Gasteiger partial charge in [-0.25, -0.2) is 18.4 Å². The summed E-state index contributed by atoms with van der Waals surface area (Å²) < 4.78 is 36.2. The first-order chi connectivity index (χ1) is 33.5. The summed E-state index contributed by atoms with van der Waals surface area (Å²) in [5.41, 5.74) is 3.02. The van der Waals surface area contributed by atoms with E-state index in [4.69, 9.17) is 0 Å². The first-order valence-electron chi connectivity index (χ1n) is 23.1. The number of anilines is 2. The van der Waals surface area contributed by atoms with Gasteiger partial charge >= 0.3 is 11.9 Å². The predicted octanol–water partition coefficient (Wildman–Crippen LogP) is 10.1. The molecule has 356 valence electrons. The average Bonchev–Trinajstić information content (AvgIpc) is 4.29. The van der Waals surface area contributed by atoms with Crippen molar-refractivity contribution in [3.63, 3.8) is 0 Å². The number of carboxylic acids is 2. The van der Waals surface area contributed by atoms with E-state index >= 15 is 4.39 Å². The first-order valence-corrected chi connectivity index (χ1v) is 26.0. The van der Waals surface area contributed by atoms with E-state index in [0.29, 0.717) is 48.6 Å². The van der Waals surface area contributed by atoms with Gasteiger partial charge in [-0.05, 0) is 94.7 Å². The monoisotopic (exact) mass is 1030 g/mol. The van der Waals surface area contributed by atoms with Crippen molar-refractivity contribution in [1.29, 1.82) is 0 Å². The van der Waals surface area contributed by atoms with Crippen LogP contribution >= 0.6 is 38.6 Å². The van der Waals surface area contributed by atoms with E-state index < -0.39 is 34.4 Å². The minimum Gasteiger partial charge on any atom is -0.477 e. The average molecular weight is 1040 g/mol. The summed E-state index contributed by atoms with van der Waals surface area (Å²) in [6.07, 6.45) is 6.58. The van der Waals surface area contributed by atoms with Crippen LogP contribution in [0.3, 0.4) is 0 Å². The number of piperazine rings is 2. The molecule has 12 nitrogen and oxygen atoms in total. The van der Waals surface area contributed by atoms with Gasteiger partial charge in [-0.3, -0.25) is 14.5 Å². The number of benzene rings is 4. The molecule has 69 heavy (non-hydrogen) atoms. The van der Waals surface area contributed by atoms with Crippen molar-refractivity contribution in [3.05, 3.63) is 150 Å². The maximum absolute atomic E-state index is 15.2. The zero-order chi connectivity index (χ0) is 47.9. The first kappa shape index (κ1) is 46.7. The quantitative estimate of drug-likeness (QED) is 0.120. The Kier molecular flexibility index (Phi) is 13.4. The normalized spacial score (nSPS) is 16.4. The molecule has 4 fully saturated rings. The van der Waals surface area contributed by atoms with Gasteiger partial charge in [-0.15, -0.1) is 22.7 Å². The van der Waals surface area contributed by atoms with Crippen molar-refractivity contribution in [2.75, 3.05) is 62.2 Å². The molecular weight excluding hydrogens is 987 g/mol. The van der Waals surface area contributed by atoms with Gasteiger partial charge in [0.1, 0.15) is 22.8 Å². The van der Waals surface area contributed by atoms with Gasteiger partial charge in [-0.1, -0.05) is 52.3 Å². The molecular formula is C52H49BrF2N6O6S2. The van der Waals surface area contributed by atoms with Crippen molar-refractivity contribution in [2.45, 2.75) is 49.6 Å². The number of aromatic nitrogens is 2. The minimum absolute atomic E-state index is 0.135. The molecule has 4 aromatic carbocycles. The highest BCUT2D eigenvalue weighted by atomic mass is 79.9. The van der Waals surface area contributed by atoms with Gasteiger partial charge in [-0.2, -0.15) is 0 Å². The molecule has 2 saturated heterocycles. The van der Waals surface area contributed by atoms with Gasteiger partial charge in [0.2, 0.25) is 10.9 Å². The lowest BCUT2D eigenvalue weighted by Crippen LogP contribution is -2.46. The molecule has 12 rings (SSSR count). The van der Waals surface area contributed by atoms with E-state index in [-0.39, 0.29) is 34.0 Å². The maximum atomic E-state index is 15.2. The lowest BCUT2D eigenvalue weighted by Gasteiger charge is -2.36. The van der Waals surface area contributed by atoms with Gasteiger partial charge in [0, 0.05) is 109 Å². The van der Waals surface area contributed by atoms with Crippen molar-refractivity contribution in [2.24, 2.45) is 0 Å². The molecule has 3 N–H and O–H groups in total. The van der Waals surface area contributed by atoms with Gasteiger partial charge in [0.05, 0.1) is 22.4 Å². The summed E-state index contributed by atoms with van der Waals surface area (Å²) in [4.78, 5) is 54.4. The third-order valence-electron chi connectivity index (χ3n) is 13.4. The van der Waals surface area contributed by atoms with Crippen LogP contribution in [0, 0.1) is 11.6 Å². The number of aromatic carboxylic acids is 2. The summed E-state index contributed by atoms with van der Waals surface area (Å²) >= 11 is 7.04. The van der Waals surface area contributed by atoms with E-state index in [0.717, 1.165) is 63.7 Å². The Bertz CT molecular complexity index is 3390. The lowest BCUT2D eigenvalue weighted by atomic mass is 10.1. The zero-order valence-electron chi connectivity index (χ0n) is 37.5. The predicted molar refractivity (Wildman–Crippen MR) is 276 cm³/mol. The summed E-state index contributed by atoms with van der Waals surface area (Å²) in [6, 6.07) is 23.3. The number of pyridine rings is 2. The van der Waals surface area contributed by atoms with Crippen LogP contribution in [0.2, 0.25) is 0 Å². The molecule has 4 aromatic heterocycles. The SMILES string of the molecule is BrCc1cccc2ccsc12.O=C(O)c1cn(C2CC2)c2cc(N3CCN(Cc4cccc5ccsc45)CC3)c(F)cc2c1=O.O=C(O)c1cn(C2CC2)c2cc(N3CCNCC3)c(F)cc2c1=O. The van der Waals surface area contributed by atoms with Gasteiger partial charge in [0.25, 0.3) is 0 Å². The Labute approximate surface area is 411 Å². The number of nitrogens with one attached hydrogen (secondary N) is 1.